The van der Waals surface area contributed by atoms with Crippen molar-refractivity contribution in [3.8, 4) is 5.75 Å². The molecule has 2 aromatic rings. The number of halogens is 2. The Morgan fingerprint density at radius 1 is 1.24 bits per heavy atom. The Bertz CT molecular complexity index is 723. The first kappa shape index (κ1) is 19.0. The molecule has 0 aromatic heterocycles. The van der Waals surface area contributed by atoms with Gasteiger partial charge in [-0.2, -0.15) is 0 Å². The van der Waals surface area contributed by atoms with Gasteiger partial charge in [-0.05, 0) is 50.0 Å². The number of methoxy groups -OCH3 is 1. The zero-order valence-corrected chi connectivity index (χ0v) is 15.1. The van der Waals surface area contributed by atoms with Gasteiger partial charge in [-0.3, -0.25) is 0 Å². The molecule has 0 saturated heterocycles. The third-order valence-corrected chi connectivity index (χ3v) is 4.07. The molecule has 1 atom stereocenters. The Hall–Kier alpha value is -2.31. The van der Waals surface area contributed by atoms with Gasteiger partial charge in [0.25, 0.3) is 0 Å². The highest BCUT2D eigenvalue weighted by Crippen LogP contribution is 2.23. The molecule has 2 amide bonds. The van der Waals surface area contributed by atoms with Gasteiger partial charge in [-0.15, -0.1) is 0 Å². The summed E-state index contributed by atoms with van der Waals surface area (Å²) in [6.45, 7) is 0.393. The summed E-state index contributed by atoms with van der Waals surface area (Å²) in [4.78, 5) is 14.1. The van der Waals surface area contributed by atoms with Crippen molar-refractivity contribution in [2.75, 3.05) is 33.1 Å². The minimum absolute atomic E-state index is 0.0136. The van der Waals surface area contributed by atoms with E-state index in [-0.39, 0.29) is 11.1 Å². The first-order valence-electron chi connectivity index (χ1n) is 7.71. The lowest BCUT2D eigenvalue weighted by Gasteiger charge is -2.25. The van der Waals surface area contributed by atoms with Crippen LogP contribution >= 0.6 is 11.6 Å². The van der Waals surface area contributed by atoms with E-state index in [1.807, 2.05) is 43.3 Å². The van der Waals surface area contributed by atoms with E-state index in [9.17, 15) is 9.18 Å². The smallest absolute Gasteiger partial charge is 0.319 e. The summed E-state index contributed by atoms with van der Waals surface area (Å²) in [5.74, 6) is 0.320. The summed E-state index contributed by atoms with van der Waals surface area (Å²) in [5.41, 5.74) is 1.40. The molecule has 5 nitrogen and oxygen atoms in total. The maximum absolute atomic E-state index is 13.0. The number of ether oxygens (including phenoxy) is 1. The molecule has 2 N–H and O–H groups in total. The number of amides is 2. The minimum atomic E-state index is -0.455. The van der Waals surface area contributed by atoms with Crippen molar-refractivity contribution in [1.82, 2.24) is 10.2 Å². The van der Waals surface area contributed by atoms with Gasteiger partial charge in [-0.1, -0.05) is 23.7 Å². The van der Waals surface area contributed by atoms with Crippen molar-refractivity contribution in [3.63, 3.8) is 0 Å². The second-order valence-electron chi connectivity index (χ2n) is 5.71. The maximum atomic E-state index is 13.0. The topological polar surface area (TPSA) is 53.6 Å². The molecule has 0 aliphatic carbocycles. The van der Waals surface area contributed by atoms with Gasteiger partial charge in [0.2, 0.25) is 0 Å². The molecule has 0 saturated carbocycles. The van der Waals surface area contributed by atoms with Crippen LogP contribution in [0.3, 0.4) is 0 Å². The Morgan fingerprint density at radius 3 is 2.48 bits per heavy atom. The summed E-state index contributed by atoms with van der Waals surface area (Å²) in [7, 11) is 5.49. The zero-order valence-electron chi connectivity index (χ0n) is 14.3. The highest BCUT2D eigenvalue weighted by atomic mass is 35.5. The molecule has 7 heteroatoms. The Balaban J connectivity index is 1.99. The molecule has 2 rings (SSSR count). The SMILES string of the molecule is COc1ccc(C(CNC(=O)Nc2ccc(F)cc2Cl)N(C)C)cc1. The molecular formula is C18H21ClFN3O2. The summed E-state index contributed by atoms with van der Waals surface area (Å²) in [6, 6.07) is 11.1. The van der Waals surface area contributed by atoms with E-state index in [1.165, 1.54) is 12.1 Å². The summed E-state index contributed by atoms with van der Waals surface area (Å²) in [6.07, 6.45) is 0. The molecule has 0 radical (unpaired) electrons. The van der Waals surface area contributed by atoms with Crippen molar-refractivity contribution in [2.24, 2.45) is 0 Å². The highest BCUT2D eigenvalue weighted by Gasteiger charge is 2.16. The van der Waals surface area contributed by atoms with Gasteiger partial charge >= 0.3 is 6.03 Å². The molecule has 0 bridgehead atoms. The molecule has 0 spiro atoms. The normalized spacial score (nSPS) is 11.9. The van der Waals surface area contributed by atoms with Gasteiger partial charge in [0.1, 0.15) is 11.6 Å². The average molecular weight is 366 g/mol. The van der Waals surface area contributed by atoms with Crippen LogP contribution in [0.2, 0.25) is 5.02 Å². The quantitative estimate of drug-likeness (QED) is 0.816. The summed E-state index contributed by atoms with van der Waals surface area (Å²) >= 11 is 5.91. The second-order valence-corrected chi connectivity index (χ2v) is 6.12. The van der Waals surface area contributed by atoms with Crippen molar-refractivity contribution >= 4 is 23.3 Å². The fraction of sp³-hybridized carbons (Fsp3) is 0.278. The van der Waals surface area contributed by atoms with E-state index in [2.05, 4.69) is 10.6 Å². The zero-order chi connectivity index (χ0) is 18.4. The minimum Gasteiger partial charge on any atom is -0.497 e. The van der Waals surface area contributed by atoms with Gasteiger partial charge < -0.3 is 20.3 Å². The lowest BCUT2D eigenvalue weighted by Crippen LogP contribution is -2.36. The molecule has 25 heavy (non-hydrogen) atoms. The molecule has 0 heterocycles. The molecule has 2 aromatic carbocycles. The fourth-order valence-corrected chi connectivity index (χ4v) is 2.59. The van der Waals surface area contributed by atoms with Crippen LogP contribution < -0.4 is 15.4 Å². The van der Waals surface area contributed by atoms with E-state index < -0.39 is 11.8 Å². The molecule has 0 aliphatic heterocycles. The van der Waals surface area contributed by atoms with Gasteiger partial charge in [0.05, 0.1) is 23.9 Å². The van der Waals surface area contributed by atoms with Crippen molar-refractivity contribution in [1.29, 1.82) is 0 Å². The van der Waals surface area contributed by atoms with Crippen molar-refractivity contribution in [3.05, 3.63) is 58.9 Å². The maximum Gasteiger partial charge on any atom is 0.319 e. The van der Waals surface area contributed by atoms with Crippen LogP contribution in [0.4, 0.5) is 14.9 Å². The number of benzene rings is 2. The number of nitrogens with zero attached hydrogens (tertiary/aromatic N) is 1. The van der Waals surface area contributed by atoms with Gasteiger partial charge in [-0.25, -0.2) is 9.18 Å². The fourth-order valence-electron chi connectivity index (χ4n) is 2.37. The van der Waals surface area contributed by atoms with Crippen LogP contribution in [0.5, 0.6) is 5.75 Å². The number of hydrogen-bond acceptors (Lipinski definition) is 3. The van der Waals surface area contributed by atoms with E-state index in [4.69, 9.17) is 16.3 Å². The highest BCUT2D eigenvalue weighted by molar-refractivity contribution is 6.33. The van der Waals surface area contributed by atoms with Crippen LogP contribution in [0.1, 0.15) is 11.6 Å². The predicted octanol–water partition coefficient (Wildman–Crippen LogP) is 3.91. The van der Waals surface area contributed by atoms with Crippen LogP contribution in [0, 0.1) is 5.82 Å². The number of hydrogen-bond donors (Lipinski definition) is 2. The van der Waals surface area contributed by atoms with Crippen LogP contribution in [-0.2, 0) is 0 Å². The third kappa shape index (κ3) is 5.34. The summed E-state index contributed by atoms with van der Waals surface area (Å²) in [5, 5.41) is 5.57. The number of urea groups is 1. The first-order valence-corrected chi connectivity index (χ1v) is 8.08. The molecule has 1 unspecified atom stereocenters. The van der Waals surface area contributed by atoms with Crippen LogP contribution in [0.25, 0.3) is 0 Å². The van der Waals surface area contributed by atoms with Crippen LogP contribution in [-0.4, -0.2) is 38.7 Å². The summed E-state index contributed by atoms with van der Waals surface area (Å²) < 4.78 is 18.2. The monoisotopic (exact) mass is 365 g/mol. The third-order valence-electron chi connectivity index (χ3n) is 3.76. The lowest BCUT2D eigenvalue weighted by atomic mass is 10.1. The van der Waals surface area contributed by atoms with E-state index in [0.717, 1.165) is 17.4 Å². The van der Waals surface area contributed by atoms with Crippen molar-refractivity contribution in [2.45, 2.75) is 6.04 Å². The van der Waals surface area contributed by atoms with Crippen molar-refractivity contribution < 1.29 is 13.9 Å². The second kappa shape index (κ2) is 8.69. The van der Waals surface area contributed by atoms with E-state index in [0.29, 0.717) is 12.2 Å². The van der Waals surface area contributed by atoms with E-state index in [1.54, 1.807) is 7.11 Å². The average Bonchev–Trinajstić information content (AvgIpc) is 2.58. The Kier molecular flexibility index (Phi) is 6.61. The number of carbonyl (C=O) groups excluding carboxylic acids is 1. The predicted molar refractivity (Wildman–Crippen MR) is 97.9 cm³/mol. The number of likely N-dealkylation sites (N-methyl/N-ethyl adjacent to an activating group) is 1. The lowest BCUT2D eigenvalue weighted by molar-refractivity contribution is 0.243. The van der Waals surface area contributed by atoms with Crippen LogP contribution in [0.15, 0.2) is 42.5 Å². The standard InChI is InChI=1S/C18H21ClFN3O2/c1-23(2)17(12-4-7-14(25-3)8-5-12)11-21-18(24)22-16-9-6-13(20)10-15(16)19/h4-10,17H,11H2,1-3H3,(H2,21,22,24). The van der Waals surface area contributed by atoms with Gasteiger partial charge in [0, 0.05) is 6.54 Å². The number of anilines is 1. The Labute approximate surface area is 151 Å². The molecular weight excluding hydrogens is 345 g/mol. The van der Waals surface area contributed by atoms with E-state index >= 15 is 0 Å². The molecule has 0 aliphatic rings. The molecule has 0 fully saturated rings. The number of carbonyl (C=O) groups is 1. The largest absolute Gasteiger partial charge is 0.497 e. The number of rotatable bonds is 6. The molecule has 134 valence electrons. The van der Waals surface area contributed by atoms with Gasteiger partial charge in [0.15, 0.2) is 0 Å². The first-order chi connectivity index (χ1) is 11.9. The Morgan fingerprint density at radius 2 is 1.92 bits per heavy atom. The number of nitrogens with one attached hydrogen (secondary N) is 2.